The van der Waals surface area contributed by atoms with Gasteiger partial charge in [0.1, 0.15) is 5.52 Å². The highest BCUT2D eigenvalue weighted by molar-refractivity contribution is 9.10. The van der Waals surface area contributed by atoms with Crippen LogP contribution in [0.15, 0.2) is 10.5 Å². The lowest BCUT2D eigenvalue weighted by Gasteiger charge is -2.14. The molecule has 0 aliphatic carbocycles. The fourth-order valence-corrected chi connectivity index (χ4v) is 2.47. The van der Waals surface area contributed by atoms with E-state index in [0.717, 1.165) is 12.5 Å². The Balaban J connectivity index is 2.67. The lowest BCUT2D eigenvalue weighted by atomic mass is 10.1. The number of unbranched alkanes of at least 4 members (excludes halogenated alkanes) is 1. The second-order valence-electron chi connectivity index (χ2n) is 4.45. The molecule has 0 amide bonds. The maximum atomic E-state index is 14.2. The van der Waals surface area contributed by atoms with E-state index in [1.165, 1.54) is 0 Å². The average Bonchev–Trinajstić information content (AvgIpc) is 2.42. The Hall–Kier alpha value is -1.15. The zero-order valence-corrected chi connectivity index (χ0v) is 13.6. The fraction of sp³-hybridized carbons (Fsp3) is 0.385. The second-order valence-corrected chi connectivity index (χ2v) is 5.58. The maximum Gasteiger partial charge on any atom is 0.417 e. The van der Waals surface area contributed by atoms with E-state index in [4.69, 9.17) is 16.3 Å². The standard InChI is InChI=1S/C13H10BrClF4N2O/c1-2-3-4-22-11-6-5-7(13(17,18)19)8(14)9(16)10(6)20-12(15)21-11/h5H,2-4H2,1H3. The molecule has 22 heavy (non-hydrogen) atoms. The minimum atomic E-state index is -4.73. The number of benzene rings is 1. The van der Waals surface area contributed by atoms with E-state index in [1.807, 2.05) is 6.92 Å². The summed E-state index contributed by atoms with van der Waals surface area (Å²) in [6.07, 6.45) is -3.23. The summed E-state index contributed by atoms with van der Waals surface area (Å²) in [5.41, 5.74) is -1.49. The summed E-state index contributed by atoms with van der Waals surface area (Å²) in [5.74, 6) is -1.32. The molecular weight excluding hydrogens is 392 g/mol. The molecular formula is C13H10BrClF4N2O. The van der Waals surface area contributed by atoms with Gasteiger partial charge in [0.25, 0.3) is 0 Å². The van der Waals surface area contributed by atoms with Gasteiger partial charge in [0.15, 0.2) is 5.82 Å². The van der Waals surface area contributed by atoms with E-state index < -0.39 is 22.0 Å². The van der Waals surface area contributed by atoms with Crippen molar-refractivity contribution in [2.45, 2.75) is 25.9 Å². The van der Waals surface area contributed by atoms with Crippen molar-refractivity contribution in [3.8, 4) is 5.88 Å². The monoisotopic (exact) mass is 400 g/mol. The summed E-state index contributed by atoms with van der Waals surface area (Å²) >= 11 is 8.30. The summed E-state index contributed by atoms with van der Waals surface area (Å²) in [6, 6.07) is 0.750. The number of halogens is 6. The van der Waals surface area contributed by atoms with Crippen LogP contribution in [0.3, 0.4) is 0 Å². The molecule has 0 aliphatic heterocycles. The highest BCUT2D eigenvalue weighted by Gasteiger charge is 2.36. The predicted molar refractivity (Wildman–Crippen MR) is 77.6 cm³/mol. The maximum absolute atomic E-state index is 14.2. The molecule has 3 nitrogen and oxygen atoms in total. The minimum absolute atomic E-state index is 0.166. The molecule has 1 heterocycles. The Bertz CT molecular complexity index is 709. The lowest BCUT2D eigenvalue weighted by molar-refractivity contribution is -0.138. The molecule has 0 radical (unpaired) electrons. The van der Waals surface area contributed by atoms with Gasteiger partial charge in [-0.2, -0.15) is 18.2 Å². The molecule has 0 N–H and O–H groups in total. The van der Waals surface area contributed by atoms with E-state index >= 15 is 0 Å². The predicted octanol–water partition coefficient (Wildman–Crippen LogP) is 5.38. The number of hydrogen-bond acceptors (Lipinski definition) is 3. The van der Waals surface area contributed by atoms with Crippen molar-refractivity contribution in [3.05, 3.63) is 27.2 Å². The Morgan fingerprint density at radius 3 is 2.59 bits per heavy atom. The van der Waals surface area contributed by atoms with Crippen molar-refractivity contribution in [1.29, 1.82) is 0 Å². The van der Waals surface area contributed by atoms with Gasteiger partial charge < -0.3 is 4.74 Å². The fourth-order valence-electron chi connectivity index (χ4n) is 1.78. The minimum Gasteiger partial charge on any atom is -0.477 e. The van der Waals surface area contributed by atoms with Crippen molar-refractivity contribution >= 4 is 38.4 Å². The summed E-state index contributed by atoms with van der Waals surface area (Å²) in [4.78, 5) is 7.40. The Kier molecular flexibility index (Phi) is 5.11. The molecule has 0 spiro atoms. The van der Waals surface area contributed by atoms with Gasteiger partial charge in [-0.15, -0.1) is 0 Å². The number of aromatic nitrogens is 2. The Morgan fingerprint density at radius 1 is 1.32 bits per heavy atom. The van der Waals surface area contributed by atoms with Gasteiger partial charge in [0.2, 0.25) is 11.2 Å². The molecule has 0 saturated heterocycles. The van der Waals surface area contributed by atoms with Gasteiger partial charge in [-0.05, 0) is 40.0 Å². The van der Waals surface area contributed by atoms with Crippen LogP contribution < -0.4 is 4.74 Å². The molecule has 120 valence electrons. The first-order valence-electron chi connectivity index (χ1n) is 6.31. The van der Waals surface area contributed by atoms with E-state index in [1.54, 1.807) is 0 Å². The van der Waals surface area contributed by atoms with Gasteiger partial charge in [0, 0.05) is 0 Å². The van der Waals surface area contributed by atoms with Crippen LogP contribution in [0.2, 0.25) is 5.28 Å². The highest BCUT2D eigenvalue weighted by atomic mass is 79.9. The molecule has 0 aliphatic rings. The largest absolute Gasteiger partial charge is 0.477 e. The highest BCUT2D eigenvalue weighted by Crippen LogP contribution is 2.40. The lowest BCUT2D eigenvalue weighted by Crippen LogP contribution is -2.09. The topological polar surface area (TPSA) is 35.0 Å². The molecule has 0 unspecified atom stereocenters. The summed E-state index contributed by atoms with van der Waals surface area (Å²) in [5, 5.41) is -0.474. The molecule has 2 aromatic rings. The van der Waals surface area contributed by atoms with Gasteiger partial charge >= 0.3 is 6.18 Å². The molecule has 0 fully saturated rings. The first-order chi connectivity index (χ1) is 10.3. The van der Waals surface area contributed by atoms with Crippen molar-refractivity contribution in [2.24, 2.45) is 0 Å². The average molecular weight is 402 g/mol. The normalized spacial score (nSPS) is 12.0. The zero-order chi connectivity index (χ0) is 16.5. The number of hydrogen-bond donors (Lipinski definition) is 0. The van der Waals surface area contributed by atoms with Crippen LogP contribution in [-0.2, 0) is 6.18 Å². The van der Waals surface area contributed by atoms with Crippen LogP contribution in [0.4, 0.5) is 17.6 Å². The molecule has 0 bridgehead atoms. The summed E-state index contributed by atoms with van der Waals surface area (Å²) in [6.45, 7) is 2.16. The van der Waals surface area contributed by atoms with Gasteiger partial charge in [-0.1, -0.05) is 13.3 Å². The Labute approximate surface area is 136 Å². The number of fused-ring (bicyclic) bond motifs is 1. The number of alkyl halides is 3. The van der Waals surface area contributed by atoms with Crippen molar-refractivity contribution < 1.29 is 22.3 Å². The van der Waals surface area contributed by atoms with E-state index in [-0.39, 0.29) is 28.7 Å². The van der Waals surface area contributed by atoms with Crippen LogP contribution in [0.1, 0.15) is 25.3 Å². The molecule has 2 rings (SSSR count). The van der Waals surface area contributed by atoms with E-state index in [2.05, 4.69) is 25.9 Å². The molecule has 9 heteroatoms. The number of rotatable bonds is 4. The van der Waals surface area contributed by atoms with Crippen LogP contribution in [0.25, 0.3) is 10.9 Å². The van der Waals surface area contributed by atoms with Crippen molar-refractivity contribution in [1.82, 2.24) is 9.97 Å². The van der Waals surface area contributed by atoms with Crippen molar-refractivity contribution in [3.63, 3.8) is 0 Å². The SMILES string of the molecule is CCCCOc1nc(Cl)nc2c(F)c(Br)c(C(F)(F)F)cc12. The quantitative estimate of drug-likeness (QED) is 0.392. The number of ether oxygens (including phenoxy) is 1. The first-order valence-corrected chi connectivity index (χ1v) is 7.48. The van der Waals surface area contributed by atoms with Gasteiger partial charge in [-0.25, -0.2) is 9.37 Å². The van der Waals surface area contributed by atoms with Crippen LogP contribution in [0, 0.1) is 5.82 Å². The third-order valence-electron chi connectivity index (χ3n) is 2.85. The molecule has 0 saturated carbocycles. The third-order valence-corrected chi connectivity index (χ3v) is 3.80. The number of nitrogens with zero attached hydrogens (tertiary/aromatic N) is 2. The molecule has 1 aromatic heterocycles. The van der Waals surface area contributed by atoms with Crippen LogP contribution in [-0.4, -0.2) is 16.6 Å². The Morgan fingerprint density at radius 2 is 2.00 bits per heavy atom. The first kappa shape index (κ1) is 17.2. The van der Waals surface area contributed by atoms with Crippen molar-refractivity contribution in [2.75, 3.05) is 6.61 Å². The molecule has 0 atom stereocenters. The molecule has 1 aromatic carbocycles. The van der Waals surface area contributed by atoms with Crippen LogP contribution in [0.5, 0.6) is 5.88 Å². The smallest absolute Gasteiger partial charge is 0.417 e. The zero-order valence-electron chi connectivity index (χ0n) is 11.3. The van der Waals surface area contributed by atoms with Gasteiger partial charge in [-0.3, -0.25) is 0 Å². The second kappa shape index (κ2) is 6.54. The van der Waals surface area contributed by atoms with Crippen LogP contribution >= 0.6 is 27.5 Å². The third kappa shape index (κ3) is 3.43. The summed E-state index contributed by atoms with van der Waals surface area (Å²) in [7, 11) is 0. The van der Waals surface area contributed by atoms with Gasteiger partial charge in [0.05, 0.1) is 22.0 Å². The summed E-state index contributed by atoms with van der Waals surface area (Å²) < 4.78 is 57.7. The van der Waals surface area contributed by atoms with E-state index in [0.29, 0.717) is 6.42 Å². The van der Waals surface area contributed by atoms with E-state index in [9.17, 15) is 17.6 Å².